The van der Waals surface area contributed by atoms with Gasteiger partial charge in [-0.05, 0) is 43.9 Å². The van der Waals surface area contributed by atoms with E-state index in [9.17, 15) is 27.9 Å². The molecule has 31 heavy (non-hydrogen) atoms. The molecule has 3 rings (SSSR count). The van der Waals surface area contributed by atoms with Crippen LogP contribution in [0.15, 0.2) is 6.20 Å². The lowest BCUT2D eigenvalue weighted by Gasteiger charge is -2.50. The van der Waals surface area contributed by atoms with Crippen LogP contribution < -0.4 is 0 Å². The molecular weight excluding hydrogens is 456 g/mol. The number of hydrogen-bond acceptors (Lipinski definition) is 4. The van der Waals surface area contributed by atoms with Gasteiger partial charge in [-0.3, -0.25) is 9.59 Å². The van der Waals surface area contributed by atoms with Crippen LogP contribution in [-0.2, 0) is 11.2 Å². The molecule has 5 nitrogen and oxygen atoms in total. The molecule has 5 atom stereocenters. The fourth-order valence-corrected chi connectivity index (χ4v) is 5.84. The van der Waals surface area contributed by atoms with Crippen LogP contribution in [0.2, 0.25) is 10.0 Å². The second-order valence-electron chi connectivity index (χ2n) is 8.51. The molecule has 2 heterocycles. The van der Waals surface area contributed by atoms with Crippen molar-refractivity contribution < 1.29 is 27.9 Å². The number of aromatic nitrogens is 1. The number of ketones is 1. The van der Waals surface area contributed by atoms with Crippen molar-refractivity contribution >= 4 is 34.9 Å². The minimum absolute atomic E-state index is 0.0388. The van der Waals surface area contributed by atoms with Gasteiger partial charge in [0.25, 0.3) is 0 Å². The van der Waals surface area contributed by atoms with Crippen LogP contribution >= 0.6 is 23.2 Å². The van der Waals surface area contributed by atoms with Crippen LogP contribution in [0, 0.1) is 17.8 Å². The van der Waals surface area contributed by atoms with Gasteiger partial charge in [-0.1, -0.05) is 29.6 Å². The first kappa shape index (κ1) is 24.3. The fraction of sp³-hybridized carbons (Fsp3) is 0.667. The first-order chi connectivity index (χ1) is 14.4. The van der Waals surface area contributed by atoms with Gasteiger partial charge in [0.1, 0.15) is 5.69 Å². The van der Waals surface area contributed by atoms with E-state index in [0.717, 1.165) is 0 Å². The van der Waals surface area contributed by atoms with E-state index in [1.54, 1.807) is 4.90 Å². The molecule has 0 unspecified atom stereocenters. The molecule has 1 aromatic heterocycles. The second-order valence-corrected chi connectivity index (χ2v) is 9.29. The van der Waals surface area contributed by atoms with Crippen molar-refractivity contribution in [1.82, 2.24) is 9.88 Å². The van der Waals surface area contributed by atoms with Gasteiger partial charge >= 0.3 is 6.18 Å². The number of fused-ring (bicyclic) bond motifs is 1. The number of alkyl halides is 3. The molecule has 1 amide bonds. The van der Waals surface area contributed by atoms with Crippen molar-refractivity contribution in [3.8, 4) is 0 Å². The van der Waals surface area contributed by atoms with Crippen LogP contribution in [0.1, 0.15) is 55.6 Å². The summed E-state index contributed by atoms with van der Waals surface area (Å²) in [5.74, 6) is -1.86. The predicted molar refractivity (Wildman–Crippen MR) is 110 cm³/mol. The number of carbonyl (C=O) groups is 2. The van der Waals surface area contributed by atoms with Crippen molar-refractivity contribution in [1.29, 1.82) is 0 Å². The molecule has 1 saturated carbocycles. The van der Waals surface area contributed by atoms with E-state index in [1.807, 2.05) is 6.92 Å². The molecule has 1 aliphatic heterocycles. The minimum Gasteiger partial charge on any atom is -0.383 e. The first-order valence-electron chi connectivity index (χ1n) is 10.3. The molecule has 0 bridgehead atoms. The maximum Gasteiger partial charge on any atom is 0.414 e. The van der Waals surface area contributed by atoms with E-state index in [4.69, 9.17) is 23.2 Å². The highest BCUT2D eigenvalue weighted by atomic mass is 35.5. The third-order valence-electron chi connectivity index (χ3n) is 6.78. The van der Waals surface area contributed by atoms with E-state index in [1.165, 1.54) is 13.1 Å². The lowest BCUT2D eigenvalue weighted by Crippen LogP contribution is -2.55. The molecule has 0 spiro atoms. The summed E-state index contributed by atoms with van der Waals surface area (Å²) >= 11 is 12.4. The largest absolute Gasteiger partial charge is 0.414 e. The third-order valence-corrected chi connectivity index (χ3v) is 7.51. The Morgan fingerprint density at radius 2 is 1.94 bits per heavy atom. The monoisotopic (exact) mass is 480 g/mol. The summed E-state index contributed by atoms with van der Waals surface area (Å²) in [5, 5.41) is 10.1. The number of rotatable bonds is 4. The molecule has 0 aromatic carbocycles. The van der Waals surface area contributed by atoms with Gasteiger partial charge < -0.3 is 10.0 Å². The lowest BCUT2D eigenvalue weighted by atomic mass is 9.64. The van der Waals surface area contributed by atoms with Gasteiger partial charge in [0.15, 0.2) is 11.9 Å². The van der Waals surface area contributed by atoms with Gasteiger partial charge in [-0.15, -0.1) is 0 Å². The third kappa shape index (κ3) is 4.86. The zero-order valence-corrected chi connectivity index (χ0v) is 18.8. The van der Waals surface area contributed by atoms with E-state index in [-0.39, 0.29) is 51.7 Å². The van der Waals surface area contributed by atoms with Gasteiger partial charge in [0.05, 0.1) is 16.5 Å². The molecular formula is C21H25Cl2F3N2O3. The molecule has 10 heteroatoms. The van der Waals surface area contributed by atoms with Crippen LogP contribution in [0.5, 0.6) is 0 Å². The Morgan fingerprint density at radius 1 is 1.26 bits per heavy atom. The number of aliphatic hydroxyl groups is 1. The Balaban J connectivity index is 1.77. The zero-order valence-electron chi connectivity index (χ0n) is 17.3. The van der Waals surface area contributed by atoms with Crippen molar-refractivity contribution in [2.24, 2.45) is 17.8 Å². The van der Waals surface area contributed by atoms with E-state index >= 15 is 0 Å². The van der Waals surface area contributed by atoms with Gasteiger partial charge in [-0.2, -0.15) is 13.2 Å². The predicted octanol–water partition coefficient (Wildman–Crippen LogP) is 4.71. The van der Waals surface area contributed by atoms with Crippen molar-refractivity contribution in [2.75, 3.05) is 6.54 Å². The number of likely N-dealkylation sites (tertiary alicyclic amines) is 1. The van der Waals surface area contributed by atoms with Crippen LogP contribution in [0.25, 0.3) is 0 Å². The zero-order chi connectivity index (χ0) is 23.1. The summed E-state index contributed by atoms with van der Waals surface area (Å²) in [6.07, 6.45) is -3.81. The Kier molecular flexibility index (Phi) is 7.23. The Labute approximate surface area is 188 Å². The number of halogens is 5. The van der Waals surface area contributed by atoms with Crippen LogP contribution in [0.3, 0.4) is 0 Å². The maximum absolute atomic E-state index is 13.1. The Bertz CT molecular complexity index is 865. The quantitative estimate of drug-likeness (QED) is 0.633. The topological polar surface area (TPSA) is 70.5 Å². The molecule has 2 aliphatic rings. The number of amides is 1. The molecule has 1 aliphatic carbocycles. The van der Waals surface area contributed by atoms with Crippen LogP contribution in [0.4, 0.5) is 13.2 Å². The summed E-state index contributed by atoms with van der Waals surface area (Å²) in [7, 11) is 0. The Hall–Kier alpha value is -1.38. The summed E-state index contributed by atoms with van der Waals surface area (Å²) in [6, 6.07) is -0.277. The number of carbonyl (C=O) groups excluding carboxylic acids is 2. The number of Topliss-reactive ketones (excluding diaryl/α,β-unsaturated/α-hetero) is 1. The van der Waals surface area contributed by atoms with Gasteiger partial charge in [0, 0.05) is 31.3 Å². The second kappa shape index (κ2) is 9.24. The summed E-state index contributed by atoms with van der Waals surface area (Å²) in [4.78, 5) is 30.4. The van der Waals surface area contributed by atoms with Crippen LogP contribution in [-0.4, -0.2) is 51.5 Å². The fourth-order valence-electron chi connectivity index (χ4n) is 5.24. The SMILES string of the molecule is CC(=O)c1ncc(Cl)c(CC(=O)N2CC[C@H]3[C@H]([C@H](O)C(F)(F)F)CCC[C@@H]3[C@@H]2C)c1Cl. The van der Waals surface area contributed by atoms with Crippen molar-refractivity contribution in [2.45, 2.75) is 64.3 Å². The average Bonchev–Trinajstić information content (AvgIpc) is 2.69. The smallest absolute Gasteiger partial charge is 0.383 e. The maximum atomic E-state index is 13.1. The molecule has 0 radical (unpaired) electrons. The molecule has 172 valence electrons. The van der Waals surface area contributed by atoms with Gasteiger partial charge in [-0.25, -0.2) is 4.98 Å². The summed E-state index contributed by atoms with van der Waals surface area (Å²) < 4.78 is 39.4. The summed E-state index contributed by atoms with van der Waals surface area (Å²) in [6.45, 7) is 3.45. The lowest BCUT2D eigenvalue weighted by molar-refractivity contribution is -0.233. The number of pyridine rings is 1. The van der Waals surface area contributed by atoms with E-state index < -0.39 is 18.2 Å². The highest BCUT2D eigenvalue weighted by molar-refractivity contribution is 6.38. The normalized spacial score (nSPS) is 27.5. The number of aliphatic hydroxyl groups excluding tert-OH is 1. The molecule has 1 N–H and O–H groups in total. The van der Waals surface area contributed by atoms with Crippen molar-refractivity contribution in [3.05, 3.63) is 27.5 Å². The highest BCUT2D eigenvalue weighted by Crippen LogP contribution is 2.47. The van der Waals surface area contributed by atoms with E-state index in [0.29, 0.717) is 37.8 Å². The molecule has 1 saturated heterocycles. The Morgan fingerprint density at radius 3 is 2.55 bits per heavy atom. The molecule has 2 fully saturated rings. The minimum atomic E-state index is -4.65. The number of hydrogen-bond donors (Lipinski definition) is 1. The van der Waals surface area contributed by atoms with Crippen molar-refractivity contribution in [3.63, 3.8) is 0 Å². The van der Waals surface area contributed by atoms with Gasteiger partial charge in [0.2, 0.25) is 5.91 Å². The highest BCUT2D eigenvalue weighted by Gasteiger charge is 2.51. The summed E-state index contributed by atoms with van der Waals surface area (Å²) in [5.41, 5.74) is 0.355. The number of piperidine rings is 1. The average molecular weight is 481 g/mol. The standard InChI is InChI=1S/C21H25Cl2F3N2O3/c1-10-12-4-3-5-14(20(31)21(24,25)26)13(12)6-7-28(10)17(30)8-15-16(22)9-27-19(11(2)29)18(15)23/h9-10,12-14,20,31H,3-8H2,1-2H3/t10-,12+,13+,14+,20-/m0/s1. The molecule has 1 aromatic rings. The first-order valence-corrected chi connectivity index (χ1v) is 11.1. The number of nitrogens with zero attached hydrogens (tertiary/aromatic N) is 2. The van der Waals surface area contributed by atoms with E-state index in [2.05, 4.69) is 4.98 Å².